The SMILES string of the molecule is CCOC(=O)[C@@]12C[C@H]1C=CCCCCC[C@H](Nc1cccc(F)c1)C(=O)N1C[C@H](OC(=O)N3Cc4cccc(F)c4C3)C[C@H]1C(=O)N2. The van der Waals surface area contributed by atoms with Crippen molar-refractivity contribution in [2.75, 3.05) is 18.5 Å². The van der Waals surface area contributed by atoms with Gasteiger partial charge >= 0.3 is 12.1 Å². The Bertz CT molecular complexity index is 1570. The first-order chi connectivity index (χ1) is 22.7. The third kappa shape index (κ3) is 6.96. The van der Waals surface area contributed by atoms with Gasteiger partial charge in [-0.25, -0.2) is 18.4 Å². The van der Waals surface area contributed by atoms with Crippen LogP contribution in [0.2, 0.25) is 0 Å². The van der Waals surface area contributed by atoms with Crippen molar-refractivity contribution in [3.8, 4) is 0 Å². The van der Waals surface area contributed by atoms with E-state index in [2.05, 4.69) is 10.6 Å². The molecule has 2 aromatic rings. The number of nitrogens with one attached hydrogen (secondary N) is 2. The summed E-state index contributed by atoms with van der Waals surface area (Å²) >= 11 is 0. The van der Waals surface area contributed by atoms with Crippen LogP contribution >= 0.6 is 0 Å². The molecule has 2 N–H and O–H groups in total. The van der Waals surface area contributed by atoms with E-state index in [1.165, 1.54) is 28.0 Å². The monoisotopic (exact) mass is 650 g/mol. The summed E-state index contributed by atoms with van der Waals surface area (Å²) in [6.45, 7) is 2.02. The number of allylic oxidation sites excluding steroid dienone is 1. The molecule has 0 radical (unpaired) electrons. The van der Waals surface area contributed by atoms with Crippen LogP contribution in [0.5, 0.6) is 0 Å². The largest absolute Gasteiger partial charge is 0.464 e. The molecule has 10 nitrogen and oxygen atoms in total. The summed E-state index contributed by atoms with van der Waals surface area (Å²) in [7, 11) is 0. The minimum absolute atomic E-state index is 0.00452. The summed E-state index contributed by atoms with van der Waals surface area (Å²) in [5, 5.41) is 6.08. The molecule has 0 aromatic heterocycles. The van der Waals surface area contributed by atoms with Crippen LogP contribution in [-0.4, -0.2) is 70.6 Å². The molecule has 1 aliphatic carbocycles. The van der Waals surface area contributed by atoms with Crippen molar-refractivity contribution < 1.29 is 37.4 Å². The van der Waals surface area contributed by atoms with Gasteiger partial charge in [0.15, 0.2) is 0 Å². The van der Waals surface area contributed by atoms with Crippen LogP contribution in [0.25, 0.3) is 0 Å². The topological polar surface area (TPSA) is 117 Å². The number of carbonyl (C=O) groups is 4. The van der Waals surface area contributed by atoms with Gasteiger partial charge in [0.05, 0.1) is 19.7 Å². The standard InChI is InChI=1S/C35H40F2N4O6/c1-2-46-33(44)35-18-23(35)11-6-4-3-5-7-15-29(38-25-13-9-12-24(36)16-25)32(43)41-20-26(17-30(41)31(42)39-35)47-34(45)40-19-22-10-8-14-28(37)27(22)21-40/h6,8-14,16,23,26,29-30,38H,2-5,7,15,17-21H2,1H3,(H,39,42)/t23-,26-,29+,30+,35-/m1/s1. The number of rotatable bonds is 5. The van der Waals surface area contributed by atoms with E-state index in [-0.39, 0.29) is 38.6 Å². The summed E-state index contributed by atoms with van der Waals surface area (Å²) in [6, 6.07) is 8.69. The Morgan fingerprint density at radius 3 is 2.70 bits per heavy atom. The number of esters is 1. The quantitative estimate of drug-likeness (QED) is 0.352. The Hall–Kier alpha value is -4.48. The second kappa shape index (κ2) is 13.7. The average Bonchev–Trinajstić information content (AvgIpc) is 3.34. The predicted octanol–water partition coefficient (Wildman–Crippen LogP) is 4.83. The fourth-order valence-corrected chi connectivity index (χ4v) is 6.90. The Kier molecular flexibility index (Phi) is 9.47. The molecule has 3 heterocycles. The molecule has 1 saturated carbocycles. The van der Waals surface area contributed by atoms with Gasteiger partial charge in [-0.2, -0.15) is 0 Å². The van der Waals surface area contributed by atoms with Crippen molar-refractivity contribution >= 4 is 29.6 Å². The summed E-state index contributed by atoms with van der Waals surface area (Å²) < 4.78 is 39.6. The first kappa shape index (κ1) is 32.5. The zero-order valence-electron chi connectivity index (χ0n) is 26.4. The minimum Gasteiger partial charge on any atom is -0.464 e. The predicted molar refractivity (Wildman–Crippen MR) is 168 cm³/mol. The van der Waals surface area contributed by atoms with E-state index in [0.717, 1.165) is 19.3 Å². The van der Waals surface area contributed by atoms with Gasteiger partial charge in [-0.15, -0.1) is 0 Å². The van der Waals surface area contributed by atoms with E-state index in [9.17, 15) is 28.0 Å². The highest BCUT2D eigenvalue weighted by atomic mass is 19.1. The van der Waals surface area contributed by atoms with Gasteiger partial charge in [0.25, 0.3) is 0 Å². The second-order valence-corrected chi connectivity index (χ2v) is 12.7. The lowest BCUT2D eigenvalue weighted by Crippen LogP contribution is -2.55. The molecule has 0 unspecified atom stereocenters. The maximum Gasteiger partial charge on any atom is 0.410 e. The molecule has 47 heavy (non-hydrogen) atoms. The lowest BCUT2D eigenvalue weighted by Gasteiger charge is -2.30. The number of ether oxygens (including phenoxy) is 2. The molecule has 4 aliphatic rings. The van der Waals surface area contributed by atoms with Gasteiger partial charge in [0, 0.05) is 30.1 Å². The van der Waals surface area contributed by atoms with Gasteiger partial charge in [-0.05, 0) is 62.4 Å². The first-order valence-electron chi connectivity index (χ1n) is 16.4. The summed E-state index contributed by atoms with van der Waals surface area (Å²) in [5.41, 5.74) is 0.314. The van der Waals surface area contributed by atoms with E-state index in [4.69, 9.17) is 9.47 Å². The first-order valence-corrected chi connectivity index (χ1v) is 16.4. The number of anilines is 1. The molecular weight excluding hydrogens is 610 g/mol. The molecular formula is C35H40F2N4O6. The molecule has 3 amide bonds. The average molecular weight is 651 g/mol. The van der Waals surface area contributed by atoms with E-state index >= 15 is 0 Å². The molecule has 12 heteroatoms. The van der Waals surface area contributed by atoms with Crippen molar-refractivity contribution in [3.05, 3.63) is 77.4 Å². The molecule has 3 aliphatic heterocycles. The van der Waals surface area contributed by atoms with E-state index in [1.54, 1.807) is 31.2 Å². The Labute approximate surface area is 272 Å². The van der Waals surface area contributed by atoms with Crippen LogP contribution in [-0.2, 0) is 36.9 Å². The van der Waals surface area contributed by atoms with Crippen molar-refractivity contribution in [3.63, 3.8) is 0 Å². The molecule has 5 atom stereocenters. The molecule has 2 aromatic carbocycles. The molecule has 2 fully saturated rings. The third-order valence-electron chi connectivity index (χ3n) is 9.50. The lowest BCUT2D eigenvalue weighted by molar-refractivity contribution is -0.150. The van der Waals surface area contributed by atoms with Gasteiger partial charge in [0.2, 0.25) is 11.8 Å². The maximum absolute atomic E-state index is 14.3. The number of nitrogens with zero attached hydrogens (tertiary/aromatic N) is 2. The van der Waals surface area contributed by atoms with Crippen LogP contribution in [0.1, 0.15) is 63.0 Å². The summed E-state index contributed by atoms with van der Waals surface area (Å²) in [6.07, 6.45) is 6.48. The highest BCUT2D eigenvalue weighted by Gasteiger charge is 2.62. The van der Waals surface area contributed by atoms with E-state index in [0.29, 0.717) is 36.1 Å². The fourth-order valence-electron chi connectivity index (χ4n) is 6.90. The normalized spacial score (nSPS) is 27.5. The maximum atomic E-state index is 14.3. The fraction of sp³-hybridized carbons (Fsp3) is 0.486. The van der Waals surface area contributed by atoms with Crippen molar-refractivity contribution in [2.45, 2.75) is 88.7 Å². The summed E-state index contributed by atoms with van der Waals surface area (Å²) in [5.74, 6) is -2.56. The highest BCUT2D eigenvalue weighted by Crippen LogP contribution is 2.46. The zero-order valence-corrected chi connectivity index (χ0v) is 26.4. The number of hydrogen-bond donors (Lipinski definition) is 2. The van der Waals surface area contributed by atoms with Gasteiger partial charge in [-0.3, -0.25) is 14.5 Å². The van der Waals surface area contributed by atoms with Crippen molar-refractivity contribution in [1.29, 1.82) is 0 Å². The van der Waals surface area contributed by atoms with Crippen LogP contribution in [0.15, 0.2) is 54.6 Å². The van der Waals surface area contributed by atoms with E-state index < -0.39 is 59.2 Å². The van der Waals surface area contributed by atoms with Crippen molar-refractivity contribution in [2.24, 2.45) is 5.92 Å². The summed E-state index contributed by atoms with van der Waals surface area (Å²) in [4.78, 5) is 57.5. The number of fused-ring (bicyclic) bond motifs is 3. The molecule has 6 rings (SSSR count). The van der Waals surface area contributed by atoms with Crippen LogP contribution in [0, 0.1) is 17.6 Å². The molecule has 0 bridgehead atoms. The molecule has 1 saturated heterocycles. The number of hydrogen-bond acceptors (Lipinski definition) is 7. The van der Waals surface area contributed by atoms with Crippen molar-refractivity contribution in [1.82, 2.24) is 15.1 Å². The van der Waals surface area contributed by atoms with Crippen LogP contribution in [0.4, 0.5) is 19.3 Å². The number of carbonyl (C=O) groups excluding carboxylic acids is 4. The second-order valence-electron chi connectivity index (χ2n) is 12.7. The number of amides is 3. The van der Waals surface area contributed by atoms with Gasteiger partial charge < -0.3 is 25.0 Å². The number of halogens is 2. The number of benzene rings is 2. The van der Waals surface area contributed by atoms with E-state index in [1.807, 2.05) is 12.2 Å². The molecule has 250 valence electrons. The van der Waals surface area contributed by atoms with Crippen LogP contribution in [0.3, 0.4) is 0 Å². The Morgan fingerprint density at radius 2 is 1.91 bits per heavy atom. The van der Waals surface area contributed by atoms with Crippen LogP contribution < -0.4 is 10.6 Å². The third-order valence-corrected chi connectivity index (χ3v) is 9.50. The minimum atomic E-state index is -1.24. The smallest absolute Gasteiger partial charge is 0.410 e. The Balaban J connectivity index is 1.25. The highest BCUT2D eigenvalue weighted by molar-refractivity contribution is 5.96. The van der Waals surface area contributed by atoms with Gasteiger partial charge in [0.1, 0.15) is 35.4 Å². The molecule has 0 spiro atoms. The Morgan fingerprint density at radius 1 is 1.09 bits per heavy atom. The lowest BCUT2D eigenvalue weighted by atomic mass is 10.0. The zero-order chi connectivity index (χ0) is 33.1. The van der Waals surface area contributed by atoms with Gasteiger partial charge in [-0.1, -0.05) is 43.2 Å².